The van der Waals surface area contributed by atoms with Gasteiger partial charge < -0.3 is 19.5 Å². The molecule has 0 fully saturated rings. The van der Waals surface area contributed by atoms with Crippen molar-refractivity contribution in [1.29, 1.82) is 0 Å². The third-order valence-corrected chi connectivity index (χ3v) is 8.85. The fourth-order valence-corrected chi connectivity index (χ4v) is 6.46. The zero-order chi connectivity index (χ0) is 28.9. The molecule has 2 aliphatic heterocycles. The largest absolute Gasteiger partial charge is 0.507 e. The van der Waals surface area contributed by atoms with Gasteiger partial charge in [-0.15, -0.1) is 0 Å². The molecule has 0 unspecified atom stereocenters. The standard InChI is InChI=1S/C31H40N4O5/c1-7-18-13-21(28(33(9-3)10-4)34(11-5)12-6)27(36)20-14-19-16-35-24(26(19)32-25(18)20)15-23-22(29(35)37)17-40-30(38)31(23,39)8-2/h13-15,28,36,39H,7-12,16-17H2,1-6H3/t31-/m0/s1. The number of nitrogens with zero attached hydrogens (tertiary/aromatic N) is 4. The van der Waals surface area contributed by atoms with E-state index in [4.69, 9.17) is 9.72 Å². The van der Waals surface area contributed by atoms with Crippen molar-refractivity contribution in [2.24, 2.45) is 0 Å². The molecule has 5 rings (SSSR count). The van der Waals surface area contributed by atoms with E-state index in [2.05, 4.69) is 50.5 Å². The minimum Gasteiger partial charge on any atom is -0.507 e. The Morgan fingerprint density at radius 3 is 2.25 bits per heavy atom. The van der Waals surface area contributed by atoms with Crippen molar-refractivity contribution in [3.63, 3.8) is 0 Å². The van der Waals surface area contributed by atoms with Crippen LogP contribution in [-0.4, -0.2) is 61.7 Å². The molecule has 0 bridgehead atoms. The van der Waals surface area contributed by atoms with E-state index in [1.165, 1.54) is 0 Å². The number of hydrogen-bond acceptors (Lipinski definition) is 8. The second-order valence-corrected chi connectivity index (χ2v) is 10.6. The molecule has 3 aromatic rings. The Bertz CT molecular complexity index is 1530. The lowest BCUT2D eigenvalue weighted by Gasteiger charge is -2.39. The summed E-state index contributed by atoms with van der Waals surface area (Å²) < 4.78 is 6.82. The number of aromatic nitrogens is 2. The van der Waals surface area contributed by atoms with Gasteiger partial charge in [-0.25, -0.2) is 9.78 Å². The van der Waals surface area contributed by atoms with E-state index < -0.39 is 11.6 Å². The van der Waals surface area contributed by atoms with Crippen molar-refractivity contribution in [1.82, 2.24) is 19.4 Å². The number of carbonyl (C=O) groups excluding carboxylic acids is 1. The van der Waals surface area contributed by atoms with Gasteiger partial charge in [0.1, 0.15) is 12.4 Å². The minimum absolute atomic E-state index is 0.0799. The molecule has 1 aromatic carbocycles. The van der Waals surface area contributed by atoms with Gasteiger partial charge in [-0.05, 0) is 62.8 Å². The van der Waals surface area contributed by atoms with E-state index in [0.717, 1.165) is 49.3 Å². The van der Waals surface area contributed by atoms with E-state index in [1.54, 1.807) is 17.6 Å². The summed E-state index contributed by atoms with van der Waals surface area (Å²) in [6, 6.07) is 5.76. The predicted octanol–water partition coefficient (Wildman–Crippen LogP) is 4.03. The number of carbonyl (C=O) groups is 1. The molecule has 0 saturated carbocycles. The number of aliphatic hydroxyl groups is 1. The zero-order valence-corrected chi connectivity index (χ0v) is 24.4. The molecule has 9 heteroatoms. The van der Waals surface area contributed by atoms with Crippen LogP contribution in [0.4, 0.5) is 0 Å². The molecule has 0 amide bonds. The highest BCUT2D eigenvalue weighted by Gasteiger charge is 2.45. The number of phenolic OH excluding ortho intramolecular Hbond substituents is 1. The van der Waals surface area contributed by atoms with Gasteiger partial charge in [-0.2, -0.15) is 0 Å². The summed E-state index contributed by atoms with van der Waals surface area (Å²) in [4.78, 5) is 35.8. The Kier molecular flexibility index (Phi) is 7.50. The summed E-state index contributed by atoms with van der Waals surface area (Å²) in [5.74, 6) is -0.522. The van der Waals surface area contributed by atoms with E-state index in [1.807, 2.05) is 6.07 Å². The first-order valence-electron chi connectivity index (χ1n) is 14.5. The molecule has 0 aliphatic carbocycles. The predicted molar refractivity (Wildman–Crippen MR) is 154 cm³/mol. The number of phenols is 1. The van der Waals surface area contributed by atoms with Gasteiger partial charge >= 0.3 is 5.97 Å². The van der Waals surface area contributed by atoms with Crippen molar-refractivity contribution >= 4 is 16.9 Å². The smallest absolute Gasteiger partial charge is 0.343 e. The number of pyridine rings is 2. The van der Waals surface area contributed by atoms with Crippen molar-refractivity contribution < 1.29 is 19.7 Å². The molecule has 214 valence electrons. The monoisotopic (exact) mass is 548 g/mol. The lowest BCUT2D eigenvalue weighted by atomic mass is 9.86. The number of fused-ring (bicyclic) bond motifs is 5. The van der Waals surface area contributed by atoms with Gasteiger partial charge in [0.2, 0.25) is 0 Å². The van der Waals surface area contributed by atoms with E-state index in [-0.39, 0.29) is 30.5 Å². The van der Waals surface area contributed by atoms with Crippen LogP contribution in [0.2, 0.25) is 0 Å². The summed E-state index contributed by atoms with van der Waals surface area (Å²) in [5, 5.41) is 23.6. The molecule has 2 N–H and O–H groups in total. The second kappa shape index (κ2) is 10.6. The Hall–Kier alpha value is -3.27. The first-order valence-corrected chi connectivity index (χ1v) is 14.5. The summed E-state index contributed by atoms with van der Waals surface area (Å²) in [5.41, 5.74) is 3.03. The number of hydrogen-bond donors (Lipinski definition) is 2. The van der Waals surface area contributed by atoms with Crippen molar-refractivity contribution in [2.75, 3.05) is 26.2 Å². The van der Waals surface area contributed by atoms with Crippen LogP contribution in [0.15, 0.2) is 23.0 Å². The lowest BCUT2D eigenvalue weighted by molar-refractivity contribution is -0.172. The van der Waals surface area contributed by atoms with E-state index in [9.17, 15) is 19.8 Å². The molecular weight excluding hydrogens is 508 g/mol. The van der Waals surface area contributed by atoms with Crippen LogP contribution in [0.3, 0.4) is 0 Å². The highest BCUT2D eigenvalue weighted by Crippen LogP contribution is 2.43. The van der Waals surface area contributed by atoms with E-state index >= 15 is 0 Å². The minimum atomic E-state index is -1.87. The molecule has 9 nitrogen and oxygen atoms in total. The Balaban J connectivity index is 1.74. The summed E-state index contributed by atoms with van der Waals surface area (Å²) in [7, 11) is 0. The molecule has 1 atom stereocenters. The number of rotatable bonds is 9. The van der Waals surface area contributed by atoms with Gasteiger partial charge in [0.15, 0.2) is 5.60 Å². The van der Waals surface area contributed by atoms with Crippen LogP contribution >= 0.6 is 0 Å². The SMILES string of the molecule is CCc1cc(C(N(CC)CC)N(CC)CC)c(O)c2cc3c(nc12)-c1cc2c(c(=O)n1C3)COC(=O)[C@]2(O)CC. The topological polar surface area (TPSA) is 108 Å². The molecule has 40 heavy (non-hydrogen) atoms. The van der Waals surface area contributed by atoms with Crippen molar-refractivity contribution in [3.8, 4) is 17.1 Å². The number of aryl methyl sites for hydroxylation is 1. The molecule has 2 aliphatic rings. The molecule has 2 aromatic heterocycles. The molecule has 0 radical (unpaired) electrons. The van der Waals surface area contributed by atoms with Crippen molar-refractivity contribution in [2.45, 2.75) is 79.3 Å². The quantitative estimate of drug-likeness (QED) is 0.239. The number of cyclic esters (lactones) is 1. The number of aromatic hydroxyl groups is 1. The molecular formula is C31H40N4O5. The first-order chi connectivity index (χ1) is 19.2. The van der Waals surface area contributed by atoms with Gasteiger partial charge in [-0.1, -0.05) is 41.5 Å². The fraction of sp³-hybridized carbons (Fsp3) is 0.516. The summed E-state index contributed by atoms with van der Waals surface area (Å²) >= 11 is 0. The Morgan fingerprint density at radius 1 is 1.02 bits per heavy atom. The lowest BCUT2D eigenvalue weighted by Crippen LogP contribution is -2.44. The van der Waals surface area contributed by atoms with Gasteiger partial charge in [-0.3, -0.25) is 14.6 Å². The average Bonchev–Trinajstić information content (AvgIpc) is 3.33. The van der Waals surface area contributed by atoms with Crippen LogP contribution in [-0.2, 0) is 34.7 Å². The normalized spacial score (nSPS) is 18.0. The maximum Gasteiger partial charge on any atom is 0.343 e. The van der Waals surface area contributed by atoms with Crippen LogP contribution in [0.1, 0.15) is 81.9 Å². The summed E-state index contributed by atoms with van der Waals surface area (Å²) in [6.07, 6.45) is 0.733. The van der Waals surface area contributed by atoms with Crippen LogP contribution in [0, 0.1) is 0 Å². The van der Waals surface area contributed by atoms with Gasteiger partial charge in [0.05, 0.1) is 35.2 Å². The highest BCUT2D eigenvalue weighted by atomic mass is 16.6. The number of esters is 1. The number of ether oxygens (including phenoxy) is 1. The fourth-order valence-electron chi connectivity index (χ4n) is 6.46. The van der Waals surface area contributed by atoms with E-state index in [0.29, 0.717) is 40.0 Å². The van der Waals surface area contributed by atoms with Crippen LogP contribution < -0.4 is 5.56 Å². The molecule has 4 heterocycles. The Morgan fingerprint density at radius 2 is 1.68 bits per heavy atom. The van der Waals surface area contributed by atoms with Crippen LogP contribution in [0.25, 0.3) is 22.3 Å². The van der Waals surface area contributed by atoms with Gasteiger partial charge in [0, 0.05) is 22.1 Å². The summed E-state index contributed by atoms with van der Waals surface area (Å²) in [6.45, 7) is 15.8. The average molecular weight is 549 g/mol. The maximum atomic E-state index is 13.6. The third-order valence-electron chi connectivity index (χ3n) is 8.85. The van der Waals surface area contributed by atoms with Gasteiger partial charge in [0.25, 0.3) is 5.56 Å². The second-order valence-electron chi connectivity index (χ2n) is 10.6. The molecule has 0 spiro atoms. The van der Waals surface area contributed by atoms with Crippen molar-refractivity contribution in [3.05, 3.63) is 56.4 Å². The number of benzene rings is 1. The highest BCUT2D eigenvalue weighted by molar-refractivity contribution is 5.92. The third kappa shape index (κ3) is 4.05. The maximum absolute atomic E-state index is 13.6. The van der Waals surface area contributed by atoms with Crippen LogP contribution in [0.5, 0.6) is 5.75 Å². The Labute approximate surface area is 235 Å². The molecule has 0 saturated heterocycles. The zero-order valence-electron chi connectivity index (χ0n) is 24.4. The first kappa shape index (κ1) is 28.3.